The lowest BCUT2D eigenvalue weighted by Crippen LogP contribution is -2.35. The number of benzene rings is 1. The zero-order chi connectivity index (χ0) is 15.7. The number of hydrogen-bond acceptors (Lipinski definition) is 2. The molecule has 1 aromatic rings. The minimum absolute atomic E-state index is 0. The average Bonchev–Trinajstić information content (AvgIpc) is 3.19. The molecule has 0 radical (unpaired) electrons. The quantitative estimate of drug-likeness (QED) is 0.879. The summed E-state index contributed by atoms with van der Waals surface area (Å²) in [4.78, 5) is 12.5. The van der Waals surface area contributed by atoms with Crippen molar-refractivity contribution in [1.82, 2.24) is 10.6 Å². The first-order chi connectivity index (χ1) is 10.6. The second-order valence-corrected chi connectivity index (χ2v) is 6.50. The van der Waals surface area contributed by atoms with Crippen LogP contribution in [-0.2, 0) is 4.79 Å². The first-order valence-electron chi connectivity index (χ1n) is 8.02. The van der Waals surface area contributed by atoms with Gasteiger partial charge in [0.15, 0.2) is 0 Å². The number of piperidine rings is 1. The van der Waals surface area contributed by atoms with Gasteiger partial charge in [-0.15, -0.1) is 12.4 Å². The number of amides is 1. The molecule has 1 saturated carbocycles. The molecule has 2 fully saturated rings. The maximum absolute atomic E-state index is 13.9. The topological polar surface area (TPSA) is 41.1 Å². The summed E-state index contributed by atoms with van der Waals surface area (Å²) in [5, 5.41) is 6.27. The van der Waals surface area contributed by atoms with E-state index in [0.717, 1.165) is 38.4 Å². The van der Waals surface area contributed by atoms with Gasteiger partial charge in [-0.3, -0.25) is 4.79 Å². The summed E-state index contributed by atoms with van der Waals surface area (Å²) in [6.45, 7) is 3.82. The molecule has 3 rings (SSSR count). The molecule has 1 spiro atoms. The van der Waals surface area contributed by atoms with Crippen LogP contribution < -0.4 is 10.6 Å². The van der Waals surface area contributed by atoms with Gasteiger partial charge in [0.2, 0.25) is 5.91 Å². The van der Waals surface area contributed by atoms with Crippen molar-refractivity contribution in [2.45, 2.75) is 38.6 Å². The molecule has 2 unspecified atom stereocenters. The molecule has 6 heteroatoms. The van der Waals surface area contributed by atoms with E-state index in [1.54, 1.807) is 0 Å². The Labute approximate surface area is 141 Å². The summed E-state index contributed by atoms with van der Waals surface area (Å²) in [6, 6.07) is 3.13. The van der Waals surface area contributed by atoms with Crippen molar-refractivity contribution < 1.29 is 13.6 Å². The van der Waals surface area contributed by atoms with Crippen LogP contribution in [-0.4, -0.2) is 19.0 Å². The largest absolute Gasteiger partial charge is 0.349 e. The van der Waals surface area contributed by atoms with Crippen molar-refractivity contribution >= 4 is 18.3 Å². The van der Waals surface area contributed by atoms with Crippen LogP contribution >= 0.6 is 12.4 Å². The van der Waals surface area contributed by atoms with Gasteiger partial charge in [0, 0.05) is 17.5 Å². The fourth-order valence-corrected chi connectivity index (χ4v) is 3.65. The van der Waals surface area contributed by atoms with Crippen LogP contribution in [0.15, 0.2) is 18.2 Å². The second kappa shape index (κ2) is 7.14. The standard InChI is InChI=1S/C17H22F2N2O.ClH/c1-2-15(12-4-3-11(18)9-14(12)19)21-16(22)13-10-17(13)5-7-20-8-6-17;/h3-4,9,13,15,20H,2,5-8,10H2,1H3,(H,21,22);1H. The zero-order valence-corrected chi connectivity index (χ0v) is 14.0. The number of nitrogens with one attached hydrogen (secondary N) is 2. The fraction of sp³-hybridized carbons (Fsp3) is 0.588. The number of carbonyl (C=O) groups is 1. The summed E-state index contributed by atoms with van der Waals surface area (Å²) in [7, 11) is 0. The molecule has 128 valence electrons. The van der Waals surface area contributed by atoms with Gasteiger partial charge in [0.1, 0.15) is 11.6 Å². The van der Waals surface area contributed by atoms with Crippen LogP contribution in [0.1, 0.15) is 44.2 Å². The lowest BCUT2D eigenvalue weighted by atomic mass is 9.91. The van der Waals surface area contributed by atoms with E-state index in [4.69, 9.17) is 0 Å². The van der Waals surface area contributed by atoms with Crippen LogP contribution in [0, 0.1) is 23.0 Å². The van der Waals surface area contributed by atoms with Crippen molar-refractivity contribution in [2.75, 3.05) is 13.1 Å². The van der Waals surface area contributed by atoms with E-state index in [1.165, 1.54) is 12.1 Å². The zero-order valence-electron chi connectivity index (χ0n) is 13.2. The molecule has 2 aliphatic rings. The Hall–Kier alpha value is -1.20. The van der Waals surface area contributed by atoms with Crippen molar-refractivity contribution in [1.29, 1.82) is 0 Å². The molecule has 1 heterocycles. The fourth-order valence-electron chi connectivity index (χ4n) is 3.65. The highest BCUT2D eigenvalue weighted by Gasteiger charge is 2.57. The minimum Gasteiger partial charge on any atom is -0.349 e. The third-order valence-electron chi connectivity index (χ3n) is 5.17. The minimum atomic E-state index is -0.599. The number of carbonyl (C=O) groups excluding carboxylic acids is 1. The lowest BCUT2D eigenvalue weighted by Gasteiger charge is -2.24. The Morgan fingerprint density at radius 2 is 2.09 bits per heavy atom. The van der Waals surface area contributed by atoms with Gasteiger partial charge in [-0.05, 0) is 50.3 Å². The highest BCUT2D eigenvalue weighted by Crippen LogP contribution is 2.58. The molecule has 2 atom stereocenters. The van der Waals surface area contributed by atoms with Crippen LogP contribution in [0.5, 0.6) is 0 Å². The van der Waals surface area contributed by atoms with E-state index >= 15 is 0 Å². The van der Waals surface area contributed by atoms with E-state index in [1.807, 2.05) is 6.92 Å². The molecule has 0 aromatic heterocycles. The van der Waals surface area contributed by atoms with Gasteiger partial charge >= 0.3 is 0 Å². The van der Waals surface area contributed by atoms with Gasteiger partial charge in [0.25, 0.3) is 0 Å². The molecule has 1 amide bonds. The highest BCUT2D eigenvalue weighted by molar-refractivity contribution is 5.85. The van der Waals surface area contributed by atoms with E-state index in [9.17, 15) is 13.6 Å². The molecule has 1 saturated heterocycles. The van der Waals surface area contributed by atoms with Gasteiger partial charge in [0.05, 0.1) is 6.04 Å². The maximum Gasteiger partial charge on any atom is 0.224 e. The van der Waals surface area contributed by atoms with E-state index in [0.29, 0.717) is 12.0 Å². The van der Waals surface area contributed by atoms with Gasteiger partial charge in [-0.2, -0.15) is 0 Å². The predicted octanol–water partition coefficient (Wildman–Crippen LogP) is 3.34. The van der Waals surface area contributed by atoms with E-state index in [-0.39, 0.29) is 29.6 Å². The molecule has 1 aliphatic carbocycles. The Balaban J connectivity index is 0.00000192. The highest BCUT2D eigenvalue weighted by atomic mass is 35.5. The number of hydrogen-bond donors (Lipinski definition) is 2. The third kappa shape index (κ3) is 3.66. The Bertz CT molecular complexity index is 576. The molecule has 2 N–H and O–H groups in total. The Morgan fingerprint density at radius 3 is 2.70 bits per heavy atom. The van der Waals surface area contributed by atoms with Gasteiger partial charge < -0.3 is 10.6 Å². The summed E-state index contributed by atoms with van der Waals surface area (Å²) in [6.07, 6.45) is 3.58. The maximum atomic E-state index is 13.9. The van der Waals surface area contributed by atoms with E-state index < -0.39 is 17.7 Å². The summed E-state index contributed by atoms with van der Waals surface area (Å²) >= 11 is 0. The monoisotopic (exact) mass is 344 g/mol. The van der Waals surface area contributed by atoms with Crippen molar-refractivity contribution in [3.8, 4) is 0 Å². The molecule has 23 heavy (non-hydrogen) atoms. The number of halogens is 3. The van der Waals surface area contributed by atoms with Crippen molar-refractivity contribution in [3.05, 3.63) is 35.4 Å². The van der Waals surface area contributed by atoms with Crippen LogP contribution in [0.4, 0.5) is 8.78 Å². The SMILES string of the molecule is CCC(NC(=O)C1CC12CCNCC2)c1ccc(F)cc1F.Cl. The van der Waals surface area contributed by atoms with Gasteiger partial charge in [-0.25, -0.2) is 8.78 Å². The molecule has 1 aliphatic heterocycles. The molecule has 0 bridgehead atoms. The lowest BCUT2D eigenvalue weighted by molar-refractivity contribution is -0.124. The van der Waals surface area contributed by atoms with E-state index in [2.05, 4.69) is 10.6 Å². The Kier molecular flexibility index (Phi) is 5.63. The molecule has 1 aromatic carbocycles. The summed E-state index contributed by atoms with van der Waals surface area (Å²) in [5.41, 5.74) is 0.520. The molecule has 3 nitrogen and oxygen atoms in total. The third-order valence-corrected chi connectivity index (χ3v) is 5.17. The van der Waals surface area contributed by atoms with Crippen LogP contribution in [0.3, 0.4) is 0 Å². The number of rotatable bonds is 4. The molecular weight excluding hydrogens is 322 g/mol. The summed E-state index contributed by atoms with van der Waals surface area (Å²) in [5.74, 6) is -1.14. The normalized spacial score (nSPS) is 23.0. The summed E-state index contributed by atoms with van der Waals surface area (Å²) < 4.78 is 26.9. The first-order valence-corrected chi connectivity index (χ1v) is 8.02. The average molecular weight is 345 g/mol. The van der Waals surface area contributed by atoms with Crippen molar-refractivity contribution in [2.24, 2.45) is 11.3 Å². The second-order valence-electron chi connectivity index (χ2n) is 6.50. The predicted molar refractivity (Wildman–Crippen MR) is 87.4 cm³/mol. The van der Waals surface area contributed by atoms with Crippen LogP contribution in [0.25, 0.3) is 0 Å². The molecular formula is C17H23ClF2N2O. The van der Waals surface area contributed by atoms with Gasteiger partial charge in [-0.1, -0.05) is 13.0 Å². The smallest absolute Gasteiger partial charge is 0.224 e. The van der Waals surface area contributed by atoms with Crippen molar-refractivity contribution in [3.63, 3.8) is 0 Å². The van der Waals surface area contributed by atoms with Crippen LogP contribution in [0.2, 0.25) is 0 Å². The Morgan fingerprint density at radius 1 is 1.39 bits per heavy atom. The first kappa shape index (κ1) is 18.1.